The van der Waals surface area contributed by atoms with Gasteiger partial charge in [-0.1, -0.05) is 38.1 Å². The van der Waals surface area contributed by atoms with Gasteiger partial charge in [0, 0.05) is 31.6 Å². The number of aromatic nitrogens is 2. The van der Waals surface area contributed by atoms with Gasteiger partial charge in [-0.3, -0.25) is 4.90 Å². The average molecular weight is 344 g/mol. The van der Waals surface area contributed by atoms with E-state index >= 15 is 0 Å². The molecule has 0 saturated carbocycles. The molecule has 1 aromatic carbocycles. The number of methoxy groups -OCH3 is 1. The first-order valence-corrected chi connectivity index (χ1v) is 8.86. The summed E-state index contributed by atoms with van der Waals surface area (Å²) in [7, 11) is 1.72. The molecule has 1 aliphatic heterocycles. The minimum Gasteiger partial charge on any atom is -0.495 e. The summed E-state index contributed by atoms with van der Waals surface area (Å²) in [4.78, 5) is 9.37. The molecule has 136 valence electrons. The lowest BCUT2D eigenvalue weighted by Crippen LogP contribution is -2.47. The van der Waals surface area contributed by atoms with E-state index in [1.807, 2.05) is 12.1 Å². The first kappa shape index (κ1) is 17.7. The number of hydrogen-bond acceptors (Lipinski definition) is 6. The van der Waals surface area contributed by atoms with E-state index in [-0.39, 0.29) is 11.5 Å². The summed E-state index contributed by atoms with van der Waals surface area (Å²) < 4.78 is 11.0. The summed E-state index contributed by atoms with van der Waals surface area (Å²) >= 11 is 0. The van der Waals surface area contributed by atoms with Crippen LogP contribution in [0.3, 0.4) is 0 Å². The molecule has 0 radical (unpaired) electrons. The highest BCUT2D eigenvalue weighted by Gasteiger charge is 2.28. The molecule has 6 heteroatoms. The Hall–Kier alpha value is -2.08. The van der Waals surface area contributed by atoms with E-state index in [0.717, 1.165) is 43.4 Å². The molecule has 0 spiro atoms. The molecular formula is C19H28N4O2. The first-order valence-electron chi connectivity index (χ1n) is 8.86. The van der Waals surface area contributed by atoms with Gasteiger partial charge < -0.3 is 14.2 Å². The fourth-order valence-corrected chi connectivity index (χ4v) is 3.11. The number of ether oxygens (including phenoxy) is 1. The second-order valence-corrected chi connectivity index (χ2v) is 7.58. The van der Waals surface area contributed by atoms with Gasteiger partial charge in [0.25, 0.3) is 0 Å². The van der Waals surface area contributed by atoms with Crippen molar-refractivity contribution in [3.05, 3.63) is 36.0 Å². The lowest BCUT2D eigenvalue weighted by Gasteiger charge is -2.38. The van der Waals surface area contributed by atoms with Crippen LogP contribution >= 0.6 is 0 Å². The van der Waals surface area contributed by atoms with Crippen LogP contribution in [0.15, 0.2) is 28.8 Å². The molecule has 3 rings (SSSR count). The number of benzene rings is 1. The van der Waals surface area contributed by atoms with E-state index in [1.54, 1.807) is 7.11 Å². The normalized spacial score (nSPS) is 17.6. The number of anilines is 1. The highest BCUT2D eigenvalue weighted by atomic mass is 16.5. The van der Waals surface area contributed by atoms with Crippen molar-refractivity contribution in [2.75, 3.05) is 38.2 Å². The SMILES string of the molecule is COc1ccccc1N1CCN([C@@H](C)c2nc(C(C)(C)C)no2)CC1. The molecule has 25 heavy (non-hydrogen) atoms. The van der Waals surface area contributed by atoms with E-state index in [0.29, 0.717) is 5.89 Å². The van der Waals surface area contributed by atoms with Crippen LogP contribution in [-0.2, 0) is 5.41 Å². The van der Waals surface area contributed by atoms with Gasteiger partial charge in [0.15, 0.2) is 5.82 Å². The molecule has 0 amide bonds. The molecular weight excluding hydrogens is 316 g/mol. The van der Waals surface area contributed by atoms with Crippen molar-refractivity contribution >= 4 is 5.69 Å². The maximum Gasteiger partial charge on any atom is 0.243 e. The van der Waals surface area contributed by atoms with Crippen LogP contribution in [0.2, 0.25) is 0 Å². The van der Waals surface area contributed by atoms with Crippen molar-refractivity contribution < 1.29 is 9.26 Å². The molecule has 1 aliphatic rings. The van der Waals surface area contributed by atoms with Gasteiger partial charge >= 0.3 is 0 Å². The largest absolute Gasteiger partial charge is 0.495 e. The maximum absolute atomic E-state index is 5.52. The smallest absolute Gasteiger partial charge is 0.243 e. The molecule has 0 aliphatic carbocycles. The van der Waals surface area contributed by atoms with Crippen molar-refractivity contribution in [1.82, 2.24) is 15.0 Å². The predicted molar refractivity (Wildman–Crippen MR) is 98.2 cm³/mol. The van der Waals surface area contributed by atoms with Crippen molar-refractivity contribution in [2.24, 2.45) is 0 Å². The number of rotatable bonds is 4. The Morgan fingerprint density at radius 1 is 1.12 bits per heavy atom. The highest BCUT2D eigenvalue weighted by molar-refractivity contribution is 5.58. The summed E-state index contributed by atoms with van der Waals surface area (Å²) in [5, 5.41) is 4.15. The molecule has 0 unspecified atom stereocenters. The van der Waals surface area contributed by atoms with Crippen LogP contribution in [0.1, 0.15) is 45.5 Å². The van der Waals surface area contributed by atoms with Crippen molar-refractivity contribution in [2.45, 2.75) is 39.2 Å². The quantitative estimate of drug-likeness (QED) is 0.848. The summed E-state index contributed by atoms with van der Waals surface area (Å²) in [6, 6.07) is 8.31. The minimum absolute atomic E-state index is 0.0932. The Bertz CT molecular complexity index is 699. The molecule has 0 bridgehead atoms. The third kappa shape index (κ3) is 3.79. The van der Waals surface area contributed by atoms with Crippen LogP contribution in [0, 0.1) is 0 Å². The van der Waals surface area contributed by atoms with Crippen LogP contribution in [0.25, 0.3) is 0 Å². The zero-order chi connectivity index (χ0) is 18.0. The molecule has 1 saturated heterocycles. The Morgan fingerprint density at radius 2 is 1.80 bits per heavy atom. The molecule has 6 nitrogen and oxygen atoms in total. The van der Waals surface area contributed by atoms with Crippen LogP contribution in [0.5, 0.6) is 5.75 Å². The van der Waals surface area contributed by atoms with E-state index in [1.165, 1.54) is 0 Å². The van der Waals surface area contributed by atoms with E-state index < -0.39 is 0 Å². The lowest BCUT2D eigenvalue weighted by molar-refractivity contribution is 0.164. The van der Waals surface area contributed by atoms with Gasteiger partial charge in [0.2, 0.25) is 5.89 Å². The zero-order valence-corrected chi connectivity index (χ0v) is 15.8. The second-order valence-electron chi connectivity index (χ2n) is 7.58. The van der Waals surface area contributed by atoms with Gasteiger partial charge in [0.05, 0.1) is 18.8 Å². The molecule has 1 aromatic heterocycles. The van der Waals surface area contributed by atoms with Crippen LogP contribution < -0.4 is 9.64 Å². The Balaban J connectivity index is 1.65. The van der Waals surface area contributed by atoms with Gasteiger partial charge in [0.1, 0.15) is 5.75 Å². The Labute approximate surface area is 149 Å². The number of hydrogen-bond donors (Lipinski definition) is 0. The van der Waals surface area contributed by atoms with Crippen molar-refractivity contribution in [3.8, 4) is 5.75 Å². The highest BCUT2D eigenvalue weighted by Crippen LogP contribution is 2.30. The number of para-hydroxylation sites is 2. The minimum atomic E-state index is -0.0932. The van der Waals surface area contributed by atoms with Gasteiger partial charge in [-0.15, -0.1) is 0 Å². The molecule has 2 heterocycles. The molecule has 0 N–H and O–H groups in total. The fourth-order valence-electron chi connectivity index (χ4n) is 3.11. The average Bonchev–Trinajstić information content (AvgIpc) is 3.12. The summed E-state index contributed by atoms with van der Waals surface area (Å²) in [5.41, 5.74) is 1.06. The zero-order valence-electron chi connectivity index (χ0n) is 15.8. The standard InChI is InChI=1S/C19H28N4O2/c1-14(17-20-18(21-25-17)19(2,3)4)22-10-12-23(13-11-22)15-8-6-7-9-16(15)24-5/h6-9,14H,10-13H2,1-5H3/t14-/m0/s1. The van der Waals surface area contributed by atoms with Gasteiger partial charge in [-0.05, 0) is 19.1 Å². The second kappa shape index (κ2) is 7.04. The lowest BCUT2D eigenvalue weighted by atomic mass is 9.96. The number of nitrogens with zero attached hydrogens (tertiary/aromatic N) is 4. The van der Waals surface area contributed by atoms with E-state index in [9.17, 15) is 0 Å². The third-order valence-corrected chi connectivity index (χ3v) is 4.76. The van der Waals surface area contributed by atoms with Crippen molar-refractivity contribution in [1.29, 1.82) is 0 Å². The Kier molecular flexibility index (Phi) is 4.99. The molecule has 2 aromatic rings. The predicted octanol–water partition coefficient (Wildman–Crippen LogP) is 3.26. The van der Waals surface area contributed by atoms with E-state index in [2.05, 4.69) is 59.8 Å². The van der Waals surface area contributed by atoms with E-state index in [4.69, 9.17) is 9.26 Å². The van der Waals surface area contributed by atoms with Gasteiger partial charge in [-0.25, -0.2) is 0 Å². The third-order valence-electron chi connectivity index (χ3n) is 4.76. The Morgan fingerprint density at radius 3 is 2.40 bits per heavy atom. The monoisotopic (exact) mass is 344 g/mol. The molecule has 1 atom stereocenters. The number of piperazine rings is 1. The fraction of sp³-hybridized carbons (Fsp3) is 0.579. The van der Waals surface area contributed by atoms with Crippen LogP contribution in [-0.4, -0.2) is 48.3 Å². The summed E-state index contributed by atoms with van der Waals surface area (Å²) in [6.45, 7) is 12.2. The van der Waals surface area contributed by atoms with Crippen LogP contribution in [0.4, 0.5) is 5.69 Å². The maximum atomic E-state index is 5.52. The summed E-state index contributed by atoms with van der Waals surface area (Å²) in [6.07, 6.45) is 0. The first-order chi connectivity index (χ1) is 11.9. The summed E-state index contributed by atoms with van der Waals surface area (Å²) in [5.74, 6) is 2.40. The topological polar surface area (TPSA) is 54.6 Å². The molecule has 1 fully saturated rings. The van der Waals surface area contributed by atoms with Crippen molar-refractivity contribution in [3.63, 3.8) is 0 Å². The van der Waals surface area contributed by atoms with Gasteiger partial charge in [-0.2, -0.15) is 4.98 Å².